The molecule has 0 amide bonds. The van der Waals surface area contributed by atoms with Crippen molar-refractivity contribution in [1.29, 1.82) is 0 Å². The van der Waals surface area contributed by atoms with E-state index < -0.39 is 9.84 Å². The number of sulfone groups is 1. The molecule has 29 heavy (non-hydrogen) atoms. The summed E-state index contributed by atoms with van der Waals surface area (Å²) in [7, 11) is -1.18. The number of guanidine groups is 1. The van der Waals surface area contributed by atoms with Crippen molar-refractivity contribution < 1.29 is 8.42 Å². The van der Waals surface area contributed by atoms with Gasteiger partial charge in [-0.3, -0.25) is 9.89 Å². The second-order valence-corrected chi connectivity index (χ2v) is 10.9. The summed E-state index contributed by atoms with van der Waals surface area (Å²) in [5, 5.41) is 10.1. The number of nitrogens with one attached hydrogen (secondary N) is 2. The summed E-state index contributed by atoms with van der Waals surface area (Å²) < 4.78 is 22.6. The van der Waals surface area contributed by atoms with E-state index in [1.54, 1.807) is 18.4 Å². The maximum Gasteiger partial charge on any atom is 0.191 e. The first-order chi connectivity index (χ1) is 13.3. The van der Waals surface area contributed by atoms with Crippen molar-refractivity contribution in [1.82, 2.24) is 20.5 Å². The van der Waals surface area contributed by atoms with Gasteiger partial charge in [-0.05, 0) is 51.6 Å². The molecule has 2 heterocycles. The molecule has 0 bridgehead atoms. The molecule has 1 unspecified atom stereocenters. The van der Waals surface area contributed by atoms with Crippen LogP contribution in [0.2, 0.25) is 0 Å². The molecule has 0 aromatic carbocycles. The molecule has 1 fully saturated rings. The quantitative estimate of drug-likeness (QED) is 0.276. The minimum atomic E-state index is -2.93. The fourth-order valence-corrected chi connectivity index (χ4v) is 4.81. The topological polar surface area (TPSA) is 86.7 Å². The van der Waals surface area contributed by atoms with Gasteiger partial charge in [0, 0.05) is 37.8 Å². The number of aryl methyl sites for hydroxylation is 1. The molecule has 0 aliphatic carbocycles. The summed E-state index contributed by atoms with van der Waals surface area (Å²) in [4.78, 5) is 11.4. The Bertz CT molecular complexity index is 731. The van der Waals surface area contributed by atoms with Crippen LogP contribution in [-0.2, 0) is 22.8 Å². The van der Waals surface area contributed by atoms with Crippen molar-refractivity contribution in [3.8, 4) is 0 Å². The molecule has 1 saturated heterocycles. The zero-order valence-corrected chi connectivity index (χ0v) is 21.9. The molecule has 0 radical (unpaired) electrons. The van der Waals surface area contributed by atoms with Crippen LogP contribution in [0.4, 0.5) is 0 Å². The van der Waals surface area contributed by atoms with Crippen LogP contribution in [0.1, 0.15) is 43.8 Å². The smallest absolute Gasteiger partial charge is 0.191 e. The number of hydrogen-bond donors (Lipinski definition) is 2. The van der Waals surface area contributed by atoms with E-state index in [4.69, 9.17) is 0 Å². The fraction of sp³-hybridized carbons (Fsp3) is 0.789. The first-order valence-corrected chi connectivity index (χ1v) is 13.0. The molecule has 168 valence electrons. The molecule has 1 atom stereocenters. The Morgan fingerprint density at radius 1 is 1.41 bits per heavy atom. The highest BCUT2D eigenvalue weighted by molar-refractivity contribution is 14.0. The minimum Gasteiger partial charge on any atom is -0.356 e. The molecule has 7 nitrogen and oxygen atoms in total. The Labute approximate surface area is 197 Å². The summed E-state index contributed by atoms with van der Waals surface area (Å²) in [6.45, 7) is 8.18. The Balaban J connectivity index is 0.00000420. The number of halogens is 1. The van der Waals surface area contributed by atoms with Gasteiger partial charge >= 0.3 is 0 Å². The lowest BCUT2D eigenvalue weighted by atomic mass is 9.97. The Hall–Kier alpha value is -0.460. The van der Waals surface area contributed by atoms with E-state index in [0.717, 1.165) is 38.6 Å². The zero-order chi connectivity index (χ0) is 20.6. The first-order valence-electron chi connectivity index (χ1n) is 10.1. The highest BCUT2D eigenvalue weighted by Gasteiger charge is 2.20. The van der Waals surface area contributed by atoms with Crippen LogP contribution in [0.3, 0.4) is 0 Å². The molecule has 1 aliphatic heterocycles. The number of likely N-dealkylation sites (tertiary alicyclic amines) is 1. The highest BCUT2D eigenvalue weighted by atomic mass is 127. The van der Waals surface area contributed by atoms with Crippen LogP contribution in [-0.4, -0.2) is 69.0 Å². The summed E-state index contributed by atoms with van der Waals surface area (Å²) in [6.07, 6.45) is 5.20. The van der Waals surface area contributed by atoms with E-state index in [9.17, 15) is 8.42 Å². The van der Waals surface area contributed by atoms with Gasteiger partial charge in [0.25, 0.3) is 0 Å². The van der Waals surface area contributed by atoms with E-state index in [1.165, 1.54) is 29.8 Å². The monoisotopic (exact) mass is 557 g/mol. The van der Waals surface area contributed by atoms with E-state index in [-0.39, 0.29) is 35.8 Å². The Morgan fingerprint density at radius 3 is 2.66 bits per heavy atom. The molecule has 0 spiro atoms. The average Bonchev–Trinajstić information content (AvgIpc) is 3.11. The van der Waals surface area contributed by atoms with Crippen LogP contribution in [0.25, 0.3) is 0 Å². The number of aromatic nitrogens is 1. The number of aliphatic imine (C=N–C) groups is 1. The third-order valence-electron chi connectivity index (χ3n) is 5.08. The number of hydrogen-bond acceptors (Lipinski definition) is 6. The van der Waals surface area contributed by atoms with Crippen molar-refractivity contribution in [2.45, 2.75) is 52.1 Å². The van der Waals surface area contributed by atoms with Gasteiger partial charge in [0.05, 0.1) is 16.5 Å². The predicted octanol–water partition coefficient (Wildman–Crippen LogP) is 2.52. The van der Waals surface area contributed by atoms with Crippen LogP contribution in [0.15, 0.2) is 10.4 Å². The molecule has 10 heteroatoms. The van der Waals surface area contributed by atoms with Gasteiger partial charge in [0.2, 0.25) is 0 Å². The average molecular weight is 558 g/mol. The Morgan fingerprint density at radius 2 is 2.10 bits per heavy atom. The summed E-state index contributed by atoms with van der Waals surface area (Å²) in [5.41, 5.74) is 1.20. The number of piperidine rings is 1. The standard InChI is InChI=1S/C19H35N5O2S2.HI/c1-5-18-23-17(14-27-18)13-24-9-6-16(7-10-24)12-21-19(20-3)22-15(2)8-11-28(4,25)26;/h14-16H,5-13H2,1-4H3,(H2,20,21,22);1H. The molecule has 1 aliphatic rings. The van der Waals surface area contributed by atoms with E-state index in [2.05, 4.69) is 37.8 Å². The molecule has 2 N–H and O–H groups in total. The number of nitrogens with zero attached hydrogens (tertiary/aromatic N) is 3. The van der Waals surface area contributed by atoms with Crippen LogP contribution < -0.4 is 10.6 Å². The normalized spacial score (nSPS) is 17.6. The van der Waals surface area contributed by atoms with Gasteiger partial charge in [0.1, 0.15) is 9.84 Å². The molecule has 2 rings (SSSR count). The summed E-state index contributed by atoms with van der Waals surface area (Å²) >= 11 is 1.76. The molecule has 0 saturated carbocycles. The summed E-state index contributed by atoms with van der Waals surface area (Å²) in [5.74, 6) is 1.57. The molecular weight excluding hydrogens is 521 g/mol. The zero-order valence-electron chi connectivity index (χ0n) is 18.0. The van der Waals surface area contributed by atoms with Crippen molar-refractivity contribution in [2.24, 2.45) is 10.9 Å². The minimum absolute atomic E-state index is 0. The lowest BCUT2D eigenvalue weighted by Crippen LogP contribution is -2.45. The van der Waals surface area contributed by atoms with Gasteiger partial charge in [-0.25, -0.2) is 13.4 Å². The molecule has 1 aromatic heterocycles. The SMILES string of the molecule is CCc1nc(CN2CCC(CNC(=NC)NC(C)CCS(C)(=O)=O)CC2)cs1.I. The molecule has 1 aromatic rings. The van der Waals surface area contributed by atoms with Crippen LogP contribution in [0.5, 0.6) is 0 Å². The van der Waals surface area contributed by atoms with Gasteiger partial charge in [-0.15, -0.1) is 35.3 Å². The predicted molar refractivity (Wildman–Crippen MR) is 133 cm³/mol. The lowest BCUT2D eigenvalue weighted by molar-refractivity contribution is 0.176. The fourth-order valence-electron chi connectivity index (χ4n) is 3.29. The third-order valence-corrected chi connectivity index (χ3v) is 7.10. The van der Waals surface area contributed by atoms with E-state index >= 15 is 0 Å². The number of rotatable bonds is 9. The second-order valence-electron chi connectivity index (χ2n) is 7.72. The Kier molecular flexibility index (Phi) is 12.0. The van der Waals surface area contributed by atoms with Gasteiger partial charge in [0.15, 0.2) is 5.96 Å². The van der Waals surface area contributed by atoms with E-state index in [0.29, 0.717) is 12.3 Å². The van der Waals surface area contributed by atoms with Gasteiger partial charge < -0.3 is 10.6 Å². The second kappa shape index (κ2) is 13.1. The van der Waals surface area contributed by atoms with E-state index in [1.807, 2.05) is 6.92 Å². The lowest BCUT2D eigenvalue weighted by Gasteiger charge is -2.32. The van der Waals surface area contributed by atoms with Gasteiger partial charge in [-0.2, -0.15) is 0 Å². The van der Waals surface area contributed by atoms with Gasteiger partial charge in [-0.1, -0.05) is 6.92 Å². The van der Waals surface area contributed by atoms with Crippen LogP contribution in [0, 0.1) is 5.92 Å². The third kappa shape index (κ3) is 10.4. The van der Waals surface area contributed by atoms with Crippen molar-refractivity contribution >= 4 is 51.1 Å². The van der Waals surface area contributed by atoms with Crippen molar-refractivity contribution in [3.05, 3.63) is 16.1 Å². The maximum absolute atomic E-state index is 11.3. The molecular formula is C19H36IN5O2S2. The first kappa shape index (κ1) is 26.6. The van der Waals surface area contributed by atoms with Crippen molar-refractivity contribution in [2.75, 3.05) is 38.7 Å². The van der Waals surface area contributed by atoms with Crippen molar-refractivity contribution in [3.63, 3.8) is 0 Å². The largest absolute Gasteiger partial charge is 0.356 e. The maximum atomic E-state index is 11.3. The van der Waals surface area contributed by atoms with Crippen LogP contribution >= 0.6 is 35.3 Å². The number of thiazole rings is 1. The highest BCUT2D eigenvalue weighted by Crippen LogP contribution is 2.19. The summed E-state index contributed by atoms with van der Waals surface area (Å²) in [6, 6.07) is 0.0638.